The first-order chi connectivity index (χ1) is 15.1. The van der Waals surface area contributed by atoms with Gasteiger partial charge in [-0.25, -0.2) is 0 Å². The molecule has 2 fully saturated rings. The molecule has 1 unspecified atom stereocenters. The van der Waals surface area contributed by atoms with E-state index in [1.54, 1.807) is 6.92 Å². The van der Waals surface area contributed by atoms with E-state index in [1.165, 1.54) is 0 Å². The van der Waals surface area contributed by atoms with Gasteiger partial charge >= 0.3 is 0 Å². The van der Waals surface area contributed by atoms with Crippen LogP contribution < -0.4 is 0 Å². The van der Waals surface area contributed by atoms with Gasteiger partial charge in [0.2, 0.25) is 0 Å². The second kappa shape index (κ2) is 10.2. The Labute approximate surface area is 200 Å². The first kappa shape index (κ1) is 28.6. The van der Waals surface area contributed by atoms with Crippen LogP contribution in [0.15, 0.2) is 12.2 Å². The molecule has 2 aliphatic heterocycles. The van der Waals surface area contributed by atoms with Crippen LogP contribution >= 0.6 is 0 Å². The molecule has 0 bridgehead atoms. The third kappa shape index (κ3) is 5.97. The van der Waals surface area contributed by atoms with Crippen LogP contribution in [0.5, 0.6) is 0 Å². The van der Waals surface area contributed by atoms with Gasteiger partial charge in [-0.2, -0.15) is 0 Å². The molecule has 0 radical (unpaired) electrons. The molecule has 192 valence electrons. The number of hydrogen-bond acceptors (Lipinski definition) is 7. The first-order valence-corrected chi connectivity index (χ1v) is 15.1. The predicted molar refractivity (Wildman–Crippen MR) is 130 cm³/mol. The molecule has 0 aliphatic carbocycles. The minimum Gasteiger partial charge on any atom is -0.410 e. The van der Waals surface area contributed by atoms with Crippen molar-refractivity contribution in [1.82, 2.24) is 0 Å². The van der Waals surface area contributed by atoms with Gasteiger partial charge in [0.15, 0.2) is 14.1 Å². The minimum atomic E-state index is -2.34. The lowest BCUT2D eigenvalue weighted by Crippen LogP contribution is -2.56. The second-order valence-electron chi connectivity index (χ2n) is 11.6. The van der Waals surface area contributed by atoms with Gasteiger partial charge in [-0.1, -0.05) is 46.8 Å². The summed E-state index contributed by atoms with van der Waals surface area (Å²) in [6.07, 6.45) is 2.48. The fourth-order valence-corrected chi connectivity index (χ4v) is 5.99. The summed E-state index contributed by atoms with van der Waals surface area (Å²) < 4.78 is 18.5. The Kier molecular flexibility index (Phi) is 8.82. The molecule has 3 N–H and O–H groups in total. The van der Waals surface area contributed by atoms with E-state index in [1.807, 2.05) is 19.9 Å². The lowest BCUT2D eigenvalue weighted by Gasteiger charge is -2.44. The molecule has 8 atom stereocenters. The number of ketones is 1. The van der Waals surface area contributed by atoms with Crippen LogP contribution in [0.2, 0.25) is 18.1 Å². The largest absolute Gasteiger partial charge is 0.410 e. The summed E-state index contributed by atoms with van der Waals surface area (Å²) in [5, 5.41) is 31.4. The van der Waals surface area contributed by atoms with Gasteiger partial charge in [0.25, 0.3) is 0 Å². The maximum atomic E-state index is 13.7. The van der Waals surface area contributed by atoms with Gasteiger partial charge < -0.3 is 29.2 Å². The monoisotopic (exact) mass is 486 g/mol. The third-order valence-corrected chi connectivity index (χ3v) is 12.5. The summed E-state index contributed by atoms with van der Waals surface area (Å²) in [6, 6.07) is 0. The van der Waals surface area contributed by atoms with Gasteiger partial charge in [-0.3, -0.25) is 4.79 Å². The van der Waals surface area contributed by atoms with E-state index in [4.69, 9.17) is 13.9 Å². The summed E-state index contributed by atoms with van der Waals surface area (Å²) in [4.78, 5) is 13.7. The Bertz CT molecular complexity index is 718. The molecule has 0 spiro atoms. The van der Waals surface area contributed by atoms with Gasteiger partial charge in [-0.15, -0.1) is 0 Å². The zero-order chi connectivity index (χ0) is 25.4. The van der Waals surface area contributed by atoms with Crippen LogP contribution in [-0.2, 0) is 18.7 Å². The Morgan fingerprint density at radius 2 is 1.94 bits per heavy atom. The molecule has 2 aliphatic rings. The highest BCUT2D eigenvalue weighted by molar-refractivity contribution is 6.74. The van der Waals surface area contributed by atoms with E-state index in [-0.39, 0.29) is 35.9 Å². The van der Waals surface area contributed by atoms with Crippen molar-refractivity contribution < 1.29 is 34.0 Å². The average Bonchev–Trinajstić information content (AvgIpc) is 3.40. The highest BCUT2D eigenvalue weighted by Crippen LogP contribution is 2.51. The van der Waals surface area contributed by atoms with E-state index >= 15 is 0 Å². The number of hydrogen-bond donors (Lipinski definition) is 3. The molecule has 0 aromatic heterocycles. The Hall–Kier alpha value is -0.613. The number of epoxide rings is 1. The lowest BCUT2D eigenvalue weighted by molar-refractivity contribution is -0.258. The standard InChI is InChI=1S/C25H46O7Si/c1-10-12-16(3)21-24(7,31-21)22(32-33(8,9)23(4,5)6)17(14-26)20(28)18-15-30-25(29,11-2)13-19(18)27/h10,12,16-19,21-22,26-27,29H,11,13-15H2,1-9H3/b12-10-/t16-,17-,18-,19-,21+,22-,24-,25?/m0/s1. The van der Waals surface area contributed by atoms with Crippen LogP contribution in [0.3, 0.4) is 0 Å². The normalized spacial score (nSPS) is 35.9. The average molecular weight is 487 g/mol. The molecule has 0 amide bonds. The number of aliphatic hydroxyl groups excluding tert-OH is 2. The summed E-state index contributed by atoms with van der Waals surface area (Å²) >= 11 is 0. The maximum Gasteiger partial charge on any atom is 0.192 e. The molecule has 2 saturated heterocycles. The number of allylic oxidation sites excluding steroid dienone is 1. The summed E-state index contributed by atoms with van der Waals surface area (Å²) in [6.45, 7) is 17.9. The highest BCUT2D eigenvalue weighted by atomic mass is 28.4. The van der Waals surface area contributed by atoms with Crippen LogP contribution in [-0.4, -0.2) is 72.3 Å². The quantitative estimate of drug-likeness (QED) is 0.247. The number of carbonyl (C=O) groups excluding carboxylic acids is 1. The topological polar surface area (TPSA) is 109 Å². The number of aliphatic hydroxyl groups is 3. The van der Waals surface area contributed by atoms with Crippen molar-refractivity contribution in [2.45, 2.75) is 109 Å². The van der Waals surface area contributed by atoms with Crippen LogP contribution in [0, 0.1) is 17.8 Å². The van der Waals surface area contributed by atoms with E-state index in [0.717, 1.165) is 0 Å². The number of Topliss-reactive ketones (excluding diaryl/α,β-unsaturated/α-hetero) is 1. The van der Waals surface area contributed by atoms with Crippen LogP contribution in [0.1, 0.15) is 61.3 Å². The zero-order valence-electron chi connectivity index (χ0n) is 21.9. The first-order valence-electron chi connectivity index (χ1n) is 12.2. The molecule has 0 aromatic rings. The van der Waals surface area contributed by atoms with Crippen molar-refractivity contribution in [1.29, 1.82) is 0 Å². The fraction of sp³-hybridized carbons (Fsp3) is 0.880. The number of rotatable bonds is 10. The second-order valence-corrected chi connectivity index (χ2v) is 16.3. The van der Waals surface area contributed by atoms with Gasteiger partial charge in [0.05, 0.1) is 43.4 Å². The van der Waals surface area contributed by atoms with E-state index in [0.29, 0.717) is 6.42 Å². The van der Waals surface area contributed by atoms with Crippen molar-refractivity contribution in [3.63, 3.8) is 0 Å². The molecule has 2 rings (SSSR count). The lowest BCUT2D eigenvalue weighted by atomic mass is 9.78. The summed E-state index contributed by atoms with van der Waals surface area (Å²) in [5.41, 5.74) is -0.734. The van der Waals surface area contributed by atoms with E-state index < -0.39 is 50.4 Å². The van der Waals surface area contributed by atoms with Gasteiger partial charge in [0.1, 0.15) is 11.4 Å². The van der Waals surface area contributed by atoms with Crippen LogP contribution in [0.25, 0.3) is 0 Å². The van der Waals surface area contributed by atoms with Crippen molar-refractivity contribution in [2.24, 2.45) is 17.8 Å². The van der Waals surface area contributed by atoms with Crippen molar-refractivity contribution >= 4 is 14.1 Å². The summed E-state index contributed by atoms with van der Waals surface area (Å²) in [7, 11) is -2.34. The van der Waals surface area contributed by atoms with Crippen molar-refractivity contribution in [3.8, 4) is 0 Å². The van der Waals surface area contributed by atoms with Crippen molar-refractivity contribution in [2.75, 3.05) is 13.2 Å². The highest BCUT2D eigenvalue weighted by Gasteiger charge is 2.64. The zero-order valence-corrected chi connectivity index (χ0v) is 22.9. The molecular weight excluding hydrogens is 440 g/mol. The molecule has 0 saturated carbocycles. The Morgan fingerprint density at radius 1 is 1.33 bits per heavy atom. The smallest absolute Gasteiger partial charge is 0.192 e. The molecule has 8 heteroatoms. The van der Waals surface area contributed by atoms with E-state index in [9.17, 15) is 20.1 Å². The fourth-order valence-electron chi connectivity index (χ4n) is 4.61. The molecule has 0 aromatic carbocycles. The summed E-state index contributed by atoms with van der Waals surface area (Å²) in [5.74, 6) is -3.32. The van der Waals surface area contributed by atoms with E-state index in [2.05, 4.69) is 46.9 Å². The molecule has 33 heavy (non-hydrogen) atoms. The predicted octanol–water partition coefficient (Wildman–Crippen LogP) is 3.42. The number of carbonyl (C=O) groups is 1. The number of ether oxygens (including phenoxy) is 2. The van der Waals surface area contributed by atoms with Crippen molar-refractivity contribution in [3.05, 3.63) is 12.2 Å². The van der Waals surface area contributed by atoms with Gasteiger partial charge in [-0.05, 0) is 38.4 Å². The SMILES string of the molecule is C/C=C\[C@H](C)[C@H]1O[C@]1(C)[C@@H](O[Si](C)(C)C(C)(C)C)[C@@H](CO)C(=O)[C@H]1COC(O)(CC)C[C@@H]1O. The minimum absolute atomic E-state index is 0.0411. The Morgan fingerprint density at radius 3 is 2.39 bits per heavy atom. The molecule has 2 heterocycles. The molecule has 7 nitrogen and oxygen atoms in total. The maximum absolute atomic E-state index is 13.7. The van der Waals surface area contributed by atoms with Gasteiger partial charge in [0, 0.05) is 12.3 Å². The van der Waals surface area contributed by atoms with Crippen LogP contribution in [0.4, 0.5) is 0 Å². The molecular formula is C25H46O7Si. The third-order valence-electron chi connectivity index (χ3n) is 8.02. The Balaban J connectivity index is 2.37.